The van der Waals surface area contributed by atoms with E-state index in [0.717, 1.165) is 37.2 Å². The topological polar surface area (TPSA) is 38.7 Å². The van der Waals surface area contributed by atoms with E-state index in [2.05, 4.69) is 6.92 Å². The predicted molar refractivity (Wildman–Crippen MR) is 70.7 cm³/mol. The van der Waals surface area contributed by atoms with Gasteiger partial charge in [-0.15, -0.1) is 0 Å². The van der Waals surface area contributed by atoms with Crippen molar-refractivity contribution < 1.29 is 14.6 Å². The summed E-state index contributed by atoms with van der Waals surface area (Å²) >= 11 is 0. The van der Waals surface area contributed by atoms with Gasteiger partial charge < -0.3 is 14.6 Å². The molecule has 0 radical (unpaired) electrons. The first-order chi connectivity index (χ1) is 8.83. The lowest BCUT2D eigenvalue weighted by molar-refractivity contribution is -0.0109. The molecule has 100 valence electrons. The van der Waals surface area contributed by atoms with Gasteiger partial charge in [-0.1, -0.05) is 25.1 Å². The van der Waals surface area contributed by atoms with Crippen LogP contribution in [-0.2, 0) is 4.74 Å². The molecule has 0 saturated carbocycles. The van der Waals surface area contributed by atoms with E-state index < -0.39 is 6.10 Å². The lowest BCUT2D eigenvalue weighted by Crippen LogP contribution is -2.24. The maximum atomic E-state index is 10.5. The normalized spacial score (nSPS) is 21.6. The van der Waals surface area contributed by atoms with Crippen molar-refractivity contribution in [2.75, 3.05) is 19.8 Å². The maximum Gasteiger partial charge on any atom is 0.125 e. The van der Waals surface area contributed by atoms with Crippen LogP contribution >= 0.6 is 0 Å². The number of para-hydroxylation sites is 1. The van der Waals surface area contributed by atoms with E-state index in [0.29, 0.717) is 13.2 Å². The van der Waals surface area contributed by atoms with Crippen LogP contribution in [0.1, 0.15) is 37.9 Å². The summed E-state index contributed by atoms with van der Waals surface area (Å²) < 4.78 is 11.1. The highest BCUT2D eigenvalue weighted by Crippen LogP contribution is 2.33. The first kappa shape index (κ1) is 13.4. The fourth-order valence-electron chi connectivity index (χ4n) is 2.34. The van der Waals surface area contributed by atoms with Gasteiger partial charge in [0.05, 0.1) is 19.3 Å². The van der Waals surface area contributed by atoms with Gasteiger partial charge in [-0.25, -0.2) is 0 Å². The second-order valence-corrected chi connectivity index (χ2v) is 4.81. The Hall–Kier alpha value is -1.06. The van der Waals surface area contributed by atoms with Crippen LogP contribution in [0.15, 0.2) is 24.3 Å². The lowest BCUT2D eigenvalue weighted by atomic mass is 9.90. The largest absolute Gasteiger partial charge is 0.493 e. The molecule has 1 heterocycles. The number of hydrogen-bond donors (Lipinski definition) is 1. The van der Waals surface area contributed by atoms with Gasteiger partial charge in [0, 0.05) is 18.1 Å². The molecule has 3 heteroatoms. The zero-order chi connectivity index (χ0) is 12.8. The lowest BCUT2D eigenvalue weighted by Gasteiger charge is -2.28. The molecule has 0 bridgehead atoms. The standard InChI is InChI=1S/C15H22O3/c1-2-9-18-14-8-4-3-7-13(14)15(16)12-6-5-10-17-11-12/h3-4,7-8,12,15-16H,2,5-6,9-11H2,1H3. The molecule has 1 aliphatic heterocycles. The van der Waals surface area contributed by atoms with E-state index >= 15 is 0 Å². The average Bonchev–Trinajstić information content (AvgIpc) is 2.45. The molecule has 1 aromatic rings. The Morgan fingerprint density at radius 1 is 1.44 bits per heavy atom. The Morgan fingerprint density at radius 2 is 2.28 bits per heavy atom. The van der Waals surface area contributed by atoms with Gasteiger partial charge in [0.1, 0.15) is 5.75 Å². The molecule has 2 rings (SSSR count). The van der Waals surface area contributed by atoms with Crippen LogP contribution in [0, 0.1) is 5.92 Å². The van der Waals surface area contributed by atoms with E-state index in [1.165, 1.54) is 0 Å². The highest BCUT2D eigenvalue weighted by atomic mass is 16.5. The zero-order valence-corrected chi connectivity index (χ0v) is 11.0. The number of aliphatic hydroxyl groups is 1. The fraction of sp³-hybridized carbons (Fsp3) is 0.600. The average molecular weight is 250 g/mol. The number of rotatable bonds is 5. The summed E-state index contributed by atoms with van der Waals surface area (Å²) in [5.74, 6) is 0.988. The molecule has 2 atom stereocenters. The minimum Gasteiger partial charge on any atom is -0.493 e. The minimum absolute atomic E-state index is 0.185. The highest BCUT2D eigenvalue weighted by Gasteiger charge is 2.25. The molecule has 18 heavy (non-hydrogen) atoms. The van der Waals surface area contributed by atoms with E-state index in [9.17, 15) is 5.11 Å². The smallest absolute Gasteiger partial charge is 0.125 e. The molecule has 0 aliphatic carbocycles. The summed E-state index contributed by atoms with van der Waals surface area (Å²) in [7, 11) is 0. The molecule has 0 aromatic heterocycles. The quantitative estimate of drug-likeness (QED) is 0.873. The van der Waals surface area contributed by atoms with Crippen LogP contribution in [0.2, 0.25) is 0 Å². The molecule has 1 fully saturated rings. The Morgan fingerprint density at radius 3 is 3.00 bits per heavy atom. The fourth-order valence-corrected chi connectivity index (χ4v) is 2.34. The third kappa shape index (κ3) is 3.24. The summed E-state index contributed by atoms with van der Waals surface area (Å²) in [6.07, 6.45) is 2.53. The van der Waals surface area contributed by atoms with Crippen LogP contribution < -0.4 is 4.74 Å². The summed E-state index contributed by atoms with van der Waals surface area (Å²) in [6.45, 7) is 4.22. The molecule has 2 unspecified atom stereocenters. The highest BCUT2D eigenvalue weighted by molar-refractivity contribution is 5.35. The molecular weight excluding hydrogens is 228 g/mol. The van der Waals surface area contributed by atoms with Crippen LogP contribution in [0.5, 0.6) is 5.75 Å². The summed E-state index contributed by atoms with van der Waals surface area (Å²) in [5, 5.41) is 10.5. The van der Waals surface area contributed by atoms with Gasteiger partial charge >= 0.3 is 0 Å². The van der Waals surface area contributed by atoms with Crippen molar-refractivity contribution in [3.63, 3.8) is 0 Å². The monoisotopic (exact) mass is 250 g/mol. The molecule has 3 nitrogen and oxygen atoms in total. The van der Waals surface area contributed by atoms with Crippen LogP contribution in [-0.4, -0.2) is 24.9 Å². The van der Waals surface area contributed by atoms with Gasteiger partial charge in [0.15, 0.2) is 0 Å². The first-order valence-electron chi connectivity index (χ1n) is 6.80. The summed E-state index contributed by atoms with van der Waals surface area (Å²) in [4.78, 5) is 0. The van der Waals surface area contributed by atoms with Crippen molar-refractivity contribution in [1.82, 2.24) is 0 Å². The van der Waals surface area contributed by atoms with Gasteiger partial charge in [0.2, 0.25) is 0 Å². The Balaban J connectivity index is 2.10. The third-order valence-electron chi connectivity index (χ3n) is 3.34. The second-order valence-electron chi connectivity index (χ2n) is 4.81. The number of aliphatic hydroxyl groups excluding tert-OH is 1. The summed E-state index contributed by atoms with van der Waals surface area (Å²) in [6, 6.07) is 7.77. The Bertz CT molecular complexity index is 359. The zero-order valence-electron chi connectivity index (χ0n) is 11.0. The van der Waals surface area contributed by atoms with Gasteiger partial charge in [0.25, 0.3) is 0 Å². The van der Waals surface area contributed by atoms with Crippen LogP contribution in [0.25, 0.3) is 0 Å². The molecule has 1 N–H and O–H groups in total. The van der Waals surface area contributed by atoms with E-state index in [1.54, 1.807) is 0 Å². The van der Waals surface area contributed by atoms with E-state index in [4.69, 9.17) is 9.47 Å². The summed E-state index contributed by atoms with van der Waals surface area (Å²) in [5.41, 5.74) is 0.890. The van der Waals surface area contributed by atoms with Crippen molar-refractivity contribution in [2.45, 2.75) is 32.3 Å². The van der Waals surface area contributed by atoms with Crippen LogP contribution in [0.3, 0.4) is 0 Å². The Labute approximate surface area is 109 Å². The van der Waals surface area contributed by atoms with Crippen molar-refractivity contribution in [3.05, 3.63) is 29.8 Å². The molecule has 1 saturated heterocycles. The third-order valence-corrected chi connectivity index (χ3v) is 3.34. The molecule has 0 amide bonds. The van der Waals surface area contributed by atoms with Crippen LogP contribution in [0.4, 0.5) is 0 Å². The van der Waals surface area contributed by atoms with Crippen molar-refractivity contribution >= 4 is 0 Å². The minimum atomic E-state index is -0.488. The van der Waals surface area contributed by atoms with Crippen molar-refractivity contribution in [1.29, 1.82) is 0 Å². The molecule has 0 spiro atoms. The van der Waals surface area contributed by atoms with E-state index in [1.807, 2.05) is 24.3 Å². The van der Waals surface area contributed by atoms with Crippen molar-refractivity contribution in [2.24, 2.45) is 5.92 Å². The number of hydrogen-bond acceptors (Lipinski definition) is 3. The number of benzene rings is 1. The van der Waals surface area contributed by atoms with Gasteiger partial charge in [-0.3, -0.25) is 0 Å². The molecule has 1 aromatic carbocycles. The Kier molecular flexibility index (Phi) is 5.02. The number of ether oxygens (including phenoxy) is 2. The van der Waals surface area contributed by atoms with E-state index in [-0.39, 0.29) is 5.92 Å². The first-order valence-corrected chi connectivity index (χ1v) is 6.80. The van der Waals surface area contributed by atoms with Gasteiger partial charge in [-0.05, 0) is 25.3 Å². The van der Waals surface area contributed by atoms with Gasteiger partial charge in [-0.2, -0.15) is 0 Å². The molecule has 1 aliphatic rings. The second kappa shape index (κ2) is 6.76. The SMILES string of the molecule is CCCOc1ccccc1C(O)C1CCCOC1. The predicted octanol–water partition coefficient (Wildman–Crippen LogP) is 2.94. The molecular formula is C15H22O3. The van der Waals surface area contributed by atoms with Crippen molar-refractivity contribution in [3.8, 4) is 5.75 Å². The maximum absolute atomic E-state index is 10.5.